The molecule has 0 unspecified atom stereocenters. The molecule has 2 aromatic carbocycles. The van der Waals surface area contributed by atoms with Crippen LogP contribution in [0.25, 0.3) is 12.2 Å². The number of hydrogen-bond donors (Lipinski definition) is 4. The first kappa shape index (κ1) is 45.6. The maximum atomic E-state index is 14.6. The third-order valence-electron chi connectivity index (χ3n) is 14.8. The van der Waals surface area contributed by atoms with Gasteiger partial charge < -0.3 is 30.0 Å². The van der Waals surface area contributed by atoms with Gasteiger partial charge >= 0.3 is 0 Å². The number of amides is 2. The standard InChI is InChI=1S/2C26H30FN3O3/c2*1-2-5-17-10-11-21-24-23(25(32)28-12-16-8-9-16)19(15-31)22(14-30(21)26(17)33)29(24)13-18-6-3-4-7-20(18)27/h2*2-7,10-11,16,19,22-24,31H,8-9,12-15H2,1H3,(H,28,32)/b5-2+;5-2-/t2*19-,22-,23+,24+/m00/s1. The molecule has 4 bridgehead atoms. The van der Waals surface area contributed by atoms with Crippen LogP contribution in [0.5, 0.6) is 0 Å². The monoisotopic (exact) mass is 902 g/mol. The molecule has 8 atom stereocenters. The van der Waals surface area contributed by atoms with Gasteiger partial charge in [0.1, 0.15) is 11.6 Å². The van der Waals surface area contributed by atoms with E-state index in [0.717, 1.165) is 37.1 Å². The molecule has 0 radical (unpaired) electrons. The zero-order chi connectivity index (χ0) is 46.2. The van der Waals surface area contributed by atoms with Crippen LogP contribution in [0, 0.1) is 47.1 Å². The second kappa shape index (κ2) is 19.4. The average Bonchev–Trinajstić information content (AvgIpc) is 4.26. The summed E-state index contributed by atoms with van der Waals surface area (Å²) in [4.78, 5) is 57.4. The summed E-state index contributed by atoms with van der Waals surface area (Å²) in [5, 5.41) is 26.9. The lowest BCUT2D eigenvalue weighted by atomic mass is 9.86. The summed E-state index contributed by atoms with van der Waals surface area (Å²) in [5.41, 5.74) is 3.60. The van der Waals surface area contributed by atoms with Crippen LogP contribution in [0.4, 0.5) is 8.78 Å². The topological polar surface area (TPSA) is 149 Å². The minimum atomic E-state index is -0.508. The van der Waals surface area contributed by atoms with Crippen molar-refractivity contribution < 1.29 is 28.6 Å². The number of benzene rings is 2. The van der Waals surface area contributed by atoms with Crippen LogP contribution in [-0.2, 0) is 35.8 Å². The summed E-state index contributed by atoms with van der Waals surface area (Å²) in [7, 11) is 0. The number of pyridine rings is 2. The van der Waals surface area contributed by atoms with Gasteiger partial charge in [0, 0.05) is 110 Å². The number of nitrogens with one attached hydrogen (secondary N) is 2. The Labute approximate surface area is 383 Å². The largest absolute Gasteiger partial charge is 0.396 e. The summed E-state index contributed by atoms with van der Waals surface area (Å²) < 4.78 is 32.6. The van der Waals surface area contributed by atoms with E-state index in [1.165, 1.54) is 12.1 Å². The van der Waals surface area contributed by atoms with E-state index in [0.29, 0.717) is 73.4 Å². The molecule has 348 valence electrons. The summed E-state index contributed by atoms with van der Waals surface area (Å²) in [5.74, 6) is -1.40. The molecule has 2 saturated carbocycles. The number of carbonyl (C=O) groups is 2. The van der Waals surface area contributed by atoms with Crippen LogP contribution in [0.15, 0.2) is 94.5 Å². The number of aliphatic hydroxyl groups is 2. The van der Waals surface area contributed by atoms with E-state index >= 15 is 0 Å². The van der Waals surface area contributed by atoms with Gasteiger partial charge in [0.05, 0.1) is 23.9 Å². The van der Waals surface area contributed by atoms with Gasteiger partial charge in [0.15, 0.2) is 0 Å². The van der Waals surface area contributed by atoms with Gasteiger partial charge in [-0.25, -0.2) is 8.78 Å². The van der Waals surface area contributed by atoms with Gasteiger partial charge in [-0.15, -0.1) is 0 Å². The van der Waals surface area contributed by atoms with Crippen molar-refractivity contribution in [1.82, 2.24) is 29.6 Å². The Morgan fingerprint density at radius 2 is 1.02 bits per heavy atom. The van der Waals surface area contributed by atoms with E-state index in [4.69, 9.17) is 0 Å². The predicted octanol–water partition coefficient (Wildman–Crippen LogP) is 5.42. The van der Waals surface area contributed by atoms with Crippen molar-refractivity contribution in [1.29, 1.82) is 0 Å². The van der Waals surface area contributed by atoms with Crippen LogP contribution in [0.2, 0.25) is 0 Å². The number of rotatable bonds is 14. The summed E-state index contributed by atoms with van der Waals surface area (Å²) in [6, 6.07) is 19.4. The third kappa shape index (κ3) is 8.76. The van der Waals surface area contributed by atoms with Crippen LogP contribution >= 0.6 is 0 Å². The van der Waals surface area contributed by atoms with Crippen molar-refractivity contribution in [3.63, 3.8) is 0 Å². The van der Waals surface area contributed by atoms with E-state index in [2.05, 4.69) is 20.4 Å². The molecule has 0 spiro atoms. The molecule has 10 rings (SSSR count). The van der Waals surface area contributed by atoms with Crippen LogP contribution < -0.4 is 21.8 Å². The molecule has 12 nitrogen and oxygen atoms in total. The second-order valence-electron chi connectivity index (χ2n) is 18.9. The molecule has 2 aromatic heterocycles. The molecule has 2 amide bonds. The second-order valence-corrected chi connectivity index (χ2v) is 18.9. The van der Waals surface area contributed by atoms with Crippen LogP contribution in [-0.4, -0.2) is 79.3 Å². The maximum absolute atomic E-state index is 14.6. The molecule has 6 heterocycles. The molecule has 4 aromatic rings. The quantitative estimate of drug-likeness (QED) is 0.131. The van der Waals surface area contributed by atoms with Crippen molar-refractivity contribution in [2.24, 2.45) is 35.5 Å². The van der Waals surface area contributed by atoms with Crippen LogP contribution in [0.3, 0.4) is 0 Å². The van der Waals surface area contributed by atoms with Gasteiger partial charge in [-0.1, -0.05) is 60.7 Å². The lowest BCUT2D eigenvalue weighted by molar-refractivity contribution is -0.128. The van der Waals surface area contributed by atoms with Crippen molar-refractivity contribution >= 4 is 24.0 Å². The molecule has 2 aliphatic carbocycles. The zero-order valence-corrected chi connectivity index (χ0v) is 37.6. The van der Waals surface area contributed by atoms with Crippen molar-refractivity contribution in [2.75, 3.05) is 26.3 Å². The fourth-order valence-electron chi connectivity index (χ4n) is 11.1. The number of halogens is 2. The van der Waals surface area contributed by atoms with E-state index in [1.54, 1.807) is 69.8 Å². The third-order valence-corrected chi connectivity index (χ3v) is 14.8. The van der Waals surface area contributed by atoms with Crippen molar-refractivity contribution in [3.05, 3.63) is 151 Å². The molecular weight excluding hydrogens is 843 g/mol. The fraction of sp³-hybridized carbons (Fsp3) is 0.462. The first-order valence-electron chi connectivity index (χ1n) is 23.5. The van der Waals surface area contributed by atoms with Gasteiger partial charge in [0.2, 0.25) is 11.8 Å². The van der Waals surface area contributed by atoms with Gasteiger partial charge in [0.25, 0.3) is 11.1 Å². The Kier molecular flexibility index (Phi) is 13.4. The first-order valence-corrected chi connectivity index (χ1v) is 23.5. The summed E-state index contributed by atoms with van der Waals surface area (Å²) in [6.45, 7) is 6.05. The summed E-state index contributed by atoms with van der Waals surface area (Å²) in [6.07, 6.45) is 11.8. The van der Waals surface area contributed by atoms with Gasteiger partial charge in [-0.2, -0.15) is 0 Å². The minimum absolute atomic E-state index is 0.0922. The Morgan fingerprint density at radius 3 is 1.36 bits per heavy atom. The van der Waals surface area contributed by atoms with Crippen molar-refractivity contribution in [2.45, 2.75) is 89.9 Å². The van der Waals surface area contributed by atoms with Crippen LogP contribution in [0.1, 0.15) is 85.3 Å². The molecule has 4 fully saturated rings. The van der Waals surface area contributed by atoms with Crippen molar-refractivity contribution in [3.8, 4) is 0 Å². The normalized spacial score (nSPS) is 26.5. The van der Waals surface area contributed by atoms with E-state index in [-0.39, 0.29) is 71.7 Å². The summed E-state index contributed by atoms with van der Waals surface area (Å²) >= 11 is 0. The number of nitrogens with zero attached hydrogens (tertiary/aromatic N) is 4. The number of fused-ring (bicyclic) bond motifs is 8. The number of aliphatic hydroxyl groups excluding tert-OH is 2. The highest BCUT2D eigenvalue weighted by molar-refractivity contribution is 5.81. The Bertz CT molecular complexity index is 2460. The van der Waals surface area contributed by atoms with Gasteiger partial charge in [-0.05, 0) is 87.8 Å². The maximum Gasteiger partial charge on any atom is 0.258 e. The highest BCUT2D eigenvalue weighted by Gasteiger charge is 2.57. The highest BCUT2D eigenvalue weighted by atomic mass is 19.1. The minimum Gasteiger partial charge on any atom is -0.396 e. The molecule has 6 aliphatic rings. The highest BCUT2D eigenvalue weighted by Crippen LogP contribution is 2.51. The average molecular weight is 903 g/mol. The molecule has 14 heteroatoms. The van der Waals surface area contributed by atoms with Gasteiger partial charge in [-0.3, -0.25) is 29.0 Å². The predicted molar refractivity (Wildman–Crippen MR) is 247 cm³/mol. The molecule has 4 aliphatic heterocycles. The molecule has 2 saturated heterocycles. The molecular formula is C52H60F2N6O6. The Hall–Kier alpha value is -5.54. The van der Waals surface area contributed by atoms with E-state index in [1.807, 2.05) is 38.1 Å². The van der Waals surface area contributed by atoms with E-state index < -0.39 is 23.9 Å². The SMILES string of the molecule is C/C=C/c1ccc2n(c1=O)C[C@H]1[C@H](CO)[C@@H](C(=O)NCC3CC3)[C@@H]2N1Cc1ccccc1F.C/C=C\c1ccc2n(c1=O)C[C@H]1[C@H](CO)[C@@H](C(=O)NCC3CC3)[C@@H]2N1Cc1ccccc1F. The number of hydrogen-bond acceptors (Lipinski definition) is 8. The number of aromatic nitrogens is 2. The Balaban J connectivity index is 0.000000166. The zero-order valence-electron chi connectivity index (χ0n) is 37.6. The lowest BCUT2D eigenvalue weighted by Gasteiger charge is -2.38. The molecule has 4 N–H and O–H groups in total. The fourth-order valence-corrected chi connectivity index (χ4v) is 11.1. The molecule has 66 heavy (non-hydrogen) atoms. The first-order chi connectivity index (χ1) is 32.1. The Morgan fingerprint density at radius 1 is 0.621 bits per heavy atom. The van der Waals surface area contributed by atoms with E-state index in [9.17, 15) is 38.2 Å². The lowest BCUT2D eigenvalue weighted by Crippen LogP contribution is -2.46. The number of allylic oxidation sites excluding steroid dienone is 2. The number of carbonyl (C=O) groups excluding carboxylic acids is 2. The smallest absolute Gasteiger partial charge is 0.258 e.